The first-order valence-electron chi connectivity index (χ1n) is 9.85. The highest BCUT2D eigenvalue weighted by Gasteiger charge is 2.20. The predicted molar refractivity (Wildman–Crippen MR) is 107 cm³/mol. The zero-order valence-corrected chi connectivity index (χ0v) is 16.4. The SMILES string of the molecule is Cc1ccccc1-c1nc2n(CC(=O)N3CCCCCC3)c(C)cc(=O)n2n1. The van der Waals surface area contributed by atoms with Gasteiger partial charge in [0, 0.05) is 30.4 Å². The van der Waals surface area contributed by atoms with Crippen LogP contribution in [0.5, 0.6) is 0 Å². The molecule has 0 saturated carbocycles. The van der Waals surface area contributed by atoms with Gasteiger partial charge in [0.25, 0.3) is 5.56 Å². The molecule has 0 radical (unpaired) electrons. The number of aromatic nitrogens is 4. The minimum Gasteiger partial charge on any atom is -0.341 e. The number of nitrogens with zero attached hydrogens (tertiary/aromatic N) is 5. The van der Waals surface area contributed by atoms with Gasteiger partial charge in [-0.2, -0.15) is 9.50 Å². The van der Waals surface area contributed by atoms with Gasteiger partial charge in [-0.1, -0.05) is 37.1 Å². The normalized spacial score (nSPS) is 15.0. The first-order valence-corrected chi connectivity index (χ1v) is 9.85. The number of rotatable bonds is 3. The summed E-state index contributed by atoms with van der Waals surface area (Å²) in [7, 11) is 0. The van der Waals surface area contributed by atoms with Crippen molar-refractivity contribution in [3.63, 3.8) is 0 Å². The number of aryl methyl sites for hydroxylation is 2. The number of likely N-dealkylation sites (tertiary alicyclic amines) is 1. The smallest absolute Gasteiger partial charge is 0.275 e. The number of carbonyl (C=O) groups is 1. The van der Waals surface area contributed by atoms with E-state index in [1.165, 1.54) is 23.4 Å². The van der Waals surface area contributed by atoms with E-state index < -0.39 is 0 Å². The average molecular weight is 379 g/mol. The molecule has 1 saturated heterocycles. The monoisotopic (exact) mass is 379 g/mol. The molecule has 7 heteroatoms. The summed E-state index contributed by atoms with van der Waals surface area (Å²) in [6.07, 6.45) is 4.45. The van der Waals surface area contributed by atoms with Gasteiger partial charge in [-0.3, -0.25) is 9.59 Å². The molecule has 0 aliphatic carbocycles. The quantitative estimate of drug-likeness (QED) is 0.701. The van der Waals surface area contributed by atoms with Gasteiger partial charge in [-0.25, -0.2) is 0 Å². The standard InChI is InChI=1S/C21H25N5O2/c1-15-9-5-6-10-17(15)20-22-21-25(16(2)13-18(27)26(21)23-20)14-19(28)24-11-7-3-4-8-12-24/h5-6,9-10,13H,3-4,7-8,11-12,14H2,1-2H3. The van der Waals surface area contributed by atoms with Gasteiger partial charge in [0.2, 0.25) is 11.7 Å². The van der Waals surface area contributed by atoms with Crippen LogP contribution in [-0.2, 0) is 11.3 Å². The molecule has 0 unspecified atom stereocenters. The summed E-state index contributed by atoms with van der Waals surface area (Å²) in [4.78, 5) is 31.9. The Morgan fingerprint density at radius 3 is 2.50 bits per heavy atom. The van der Waals surface area contributed by atoms with Crippen LogP contribution in [0.3, 0.4) is 0 Å². The highest BCUT2D eigenvalue weighted by Crippen LogP contribution is 2.20. The molecule has 4 rings (SSSR count). The van der Waals surface area contributed by atoms with Crippen molar-refractivity contribution in [2.75, 3.05) is 13.1 Å². The highest BCUT2D eigenvalue weighted by atomic mass is 16.2. The molecule has 2 aromatic heterocycles. The lowest BCUT2D eigenvalue weighted by Gasteiger charge is -2.21. The molecule has 146 valence electrons. The topological polar surface area (TPSA) is 72.5 Å². The molecule has 3 aromatic rings. The summed E-state index contributed by atoms with van der Waals surface area (Å²) >= 11 is 0. The molecule has 1 fully saturated rings. The molecule has 0 atom stereocenters. The summed E-state index contributed by atoms with van der Waals surface area (Å²) < 4.78 is 3.09. The van der Waals surface area contributed by atoms with Crippen LogP contribution in [0.25, 0.3) is 17.2 Å². The Balaban J connectivity index is 1.75. The number of carbonyl (C=O) groups excluding carboxylic acids is 1. The van der Waals surface area contributed by atoms with Gasteiger partial charge >= 0.3 is 0 Å². The molecule has 1 aliphatic rings. The van der Waals surface area contributed by atoms with E-state index in [4.69, 9.17) is 0 Å². The fraction of sp³-hybridized carbons (Fsp3) is 0.429. The lowest BCUT2D eigenvalue weighted by molar-refractivity contribution is -0.131. The van der Waals surface area contributed by atoms with E-state index in [0.29, 0.717) is 17.3 Å². The lowest BCUT2D eigenvalue weighted by atomic mass is 10.1. The van der Waals surface area contributed by atoms with E-state index in [1.54, 1.807) is 4.57 Å². The number of fused-ring (bicyclic) bond motifs is 1. The van der Waals surface area contributed by atoms with Gasteiger partial charge < -0.3 is 9.47 Å². The van der Waals surface area contributed by atoms with E-state index in [0.717, 1.165) is 37.1 Å². The maximum Gasteiger partial charge on any atom is 0.275 e. The Labute approximate surface area is 163 Å². The third-order valence-electron chi connectivity index (χ3n) is 5.44. The molecule has 0 N–H and O–H groups in total. The predicted octanol–water partition coefficient (Wildman–Crippen LogP) is 2.58. The van der Waals surface area contributed by atoms with Crippen molar-refractivity contribution >= 4 is 11.7 Å². The second-order valence-corrected chi connectivity index (χ2v) is 7.47. The maximum atomic E-state index is 12.9. The number of hydrogen-bond donors (Lipinski definition) is 0. The molecular formula is C21H25N5O2. The molecular weight excluding hydrogens is 354 g/mol. The van der Waals surface area contributed by atoms with E-state index in [-0.39, 0.29) is 18.0 Å². The molecule has 3 heterocycles. The lowest BCUT2D eigenvalue weighted by Crippen LogP contribution is -2.35. The van der Waals surface area contributed by atoms with Crippen LogP contribution in [0.15, 0.2) is 35.1 Å². The zero-order chi connectivity index (χ0) is 19.7. The Morgan fingerprint density at radius 1 is 1.07 bits per heavy atom. The van der Waals surface area contributed by atoms with Crippen molar-refractivity contribution in [3.05, 3.63) is 51.9 Å². The molecule has 1 amide bonds. The van der Waals surface area contributed by atoms with Gasteiger partial charge in [0.1, 0.15) is 6.54 Å². The minimum absolute atomic E-state index is 0.0657. The van der Waals surface area contributed by atoms with Crippen molar-refractivity contribution in [2.45, 2.75) is 46.1 Å². The number of hydrogen-bond acceptors (Lipinski definition) is 4. The maximum absolute atomic E-state index is 12.9. The van der Waals surface area contributed by atoms with E-state index >= 15 is 0 Å². The Kier molecular flexibility index (Phi) is 4.98. The molecule has 28 heavy (non-hydrogen) atoms. The van der Waals surface area contributed by atoms with Gasteiger partial charge in [-0.15, -0.1) is 5.10 Å². The summed E-state index contributed by atoms with van der Waals surface area (Å²) in [6.45, 7) is 5.59. The summed E-state index contributed by atoms with van der Waals surface area (Å²) in [5.74, 6) is 0.971. The molecule has 1 aromatic carbocycles. The van der Waals surface area contributed by atoms with Crippen molar-refractivity contribution in [3.8, 4) is 11.4 Å². The average Bonchev–Trinajstić information content (AvgIpc) is 2.93. The third-order valence-corrected chi connectivity index (χ3v) is 5.44. The minimum atomic E-state index is -0.238. The fourth-order valence-electron chi connectivity index (χ4n) is 3.79. The first kappa shape index (κ1) is 18.4. The van der Waals surface area contributed by atoms with Crippen LogP contribution >= 0.6 is 0 Å². The van der Waals surface area contributed by atoms with Gasteiger partial charge in [-0.05, 0) is 32.3 Å². The zero-order valence-electron chi connectivity index (χ0n) is 16.4. The fourth-order valence-corrected chi connectivity index (χ4v) is 3.79. The Bertz CT molecular complexity index is 1070. The molecule has 0 spiro atoms. The molecule has 0 bridgehead atoms. The number of amides is 1. The Hall–Kier alpha value is -2.96. The summed E-state index contributed by atoms with van der Waals surface area (Å²) in [6, 6.07) is 9.32. The first-order chi connectivity index (χ1) is 13.5. The Morgan fingerprint density at radius 2 is 1.79 bits per heavy atom. The second kappa shape index (κ2) is 7.58. The summed E-state index contributed by atoms with van der Waals surface area (Å²) in [5, 5.41) is 4.43. The van der Waals surface area contributed by atoms with Gasteiger partial charge in [0.15, 0.2) is 5.82 Å². The van der Waals surface area contributed by atoms with Crippen LogP contribution in [0.2, 0.25) is 0 Å². The van der Waals surface area contributed by atoms with Crippen molar-refractivity contribution in [2.24, 2.45) is 0 Å². The molecule has 1 aliphatic heterocycles. The van der Waals surface area contributed by atoms with Crippen molar-refractivity contribution < 1.29 is 4.79 Å². The summed E-state index contributed by atoms with van der Waals surface area (Å²) in [5.41, 5.74) is 2.39. The van der Waals surface area contributed by atoms with Crippen LogP contribution in [0, 0.1) is 13.8 Å². The van der Waals surface area contributed by atoms with Crippen LogP contribution in [0.1, 0.15) is 36.9 Å². The van der Waals surface area contributed by atoms with E-state index in [2.05, 4.69) is 10.1 Å². The van der Waals surface area contributed by atoms with E-state index in [9.17, 15) is 9.59 Å². The third kappa shape index (κ3) is 3.44. The van der Waals surface area contributed by atoms with Crippen molar-refractivity contribution in [1.29, 1.82) is 0 Å². The van der Waals surface area contributed by atoms with Gasteiger partial charge in [0.05, 0.1) is 0 Å². The number of benzene rings is 1. The van der Waals surface area contributed by atoms with E-state index in [1.807, 2.05) is 43.0 Å². The van der Waals surface area contributed by atoms with Crippen LogP contribution in [0.4, 0.5) is 0 Å². The van der Waals surface area contributed by atoms with Crippen LogP contribution < -0.4 is 5.56 Å². The van der Waals surface area contributed by atoms with Crippen LogP contribution in [-0.4, -0.2) is 43.1 Å². The molecule has 7 nitrogen and oxygen atoms in total. The highest BCUT2D eigenvalue weighted by molar-refractivity contribution is 5.76. The largest absolute Gasteiger partial charge is 0.341 e. The van der Waals surface area contributed by atoms with Crippen molar-refractivity contribution in [1.82, 2.24) is 24.1 Å². The second-order valence-electron chi connectivity index (χ2n) is 7.47.